The summed E-state index contributed by atoms with van der Waals surface area (Å²) in [5, 5.41) is 4.47. The fraction of sp³-hybridized carbons (Fsp3) is 0.444. The molecule has 0 radical (unpaired) electrons. The molecule has 1 rings (SSSR count). The van der Waals surface area contributed by atoms with Crippen molar-refractivity contribution >= 4 is 45.7 Å². The van der Waals surface area contributed by atoms with E-state index in [9.17, 15) is 4.79 Å². The highest BCUT2D eigenvalue weighted by atomic mass is 127. The molecule has 0 spiro atoms. The largest absolute Gasteiger partial charge is 0.443 e. The van der Waals surface area contributed by atoms with E-state index < -0.39 is 11.7 Å². The summed E-state index contributed by atoms with van der Waals surface area (Å²) in [4.78, 5) is 20.7. The van der Waals surface area contributed by atoms with Crippen LogP contribution in [0.3, 0.4) is 0 Å². The number of thiophene rings is 1. The number of carbonyl (C=O) groups is 1. The molecular weight excluding hydrogens is 329 g/mol. The van der Waals surface area contributed by atoms with Crippen molar-refractivity contribution in [2.45, 2.75) is 26.4 Å². The molecule has 1 aromatic rings. The Kier molecular flexibility index (Phi) is 4.35. The Morgan fingerprint density at radius 3 is 2.67 bits per heavy atom. The highest BCUT2D eigenvalue weighted by Crippen LogP contribution is 2.24. The lowest BCUT2D eigenvalue weighted by Crippen LogP contribution is -2.24. The average molecular weight is 341 g/mol. The molecule has 4 nitrogen and oxygen atoms in total. The summed E-state index contributed by atoms with van der Waals surface area (Å²) in [7, 11) is 0. The first kappa shape index (κ1) is 12.7. The molecule has 0 unspecified atom stereocenters. The zero-order chi connectivity index (χ0) is 11.5. The molecule has 0 aliphatic rings. The number of hydrogen-bond donors (Lipinski definition) is 1. The van der Waals surface area contributed by atoms with Gasteiger partial charge in [0.15, 0.2) is 0 Å². The van der Waals surface area contributed by atoms with E-state index in [0.717, 1.165) is 8.57 Å². The normalized spacial score (nSPS) is 11.2. The number of amides is 1. The molecule has 15 heavy (non-hydrogen) atoms. The van der Waals surface area contributed by atoms with Crippen LogP contribution in [0.25, 0.3) is 0 Å². The number of carbonyl (C=O) groups excluding carboxylic acids is 1. The van der Waals surface area contributed by atoms with E-state index in [0.29, 0.717) is 0 Å². The number of nitrogens with one attached hydrogen (secondary N) is 1. The van der Waals surface area contributed by atoms with Crippen LogP contribution < -0.4 is 5.32 Å². The lowest BCUT2D eigenvalue weighted by atomic mass is 10.2. The zero-order valence-electron chi connectivity index (χ0n) is 8.67. The molecule has 0 saturated heterocycles. The van der Waals surface area contributed by atoms with E-state index in [1.54, 1.807) is 32.1 Å². The first-order valence-electron chi connectivity index (χ1n) is 4.28. The molecule has 1 heterocycles. The minimum atomic E-state index is -0.610. The number of hydrogen-bond acceptors (Lipinski definition) is 4. The summed E-state index contributed by atoms with van der Waals surface area (Å²) in [6, 6.07) is 1.81. The van der Waals surface area contributed by atoms with Gasteiger partial charge < -0.3 is 0 Å². The fourth-order valence-corrected chi connectivity index (χ4v) is 2.00. The topological polar surface area (TPSA) is 47.6 Å². The monoisotopic (exact) mass is 341 g/mol. The lowest BCUT2D eigenvalue weighted by molar-refractivity contribution is -0.297. The second kappa shape index (κ2) is 5.13. The molecule has 0 fully saturated rings. The molecule has 0 aliphatic heterocycles. The van der Waals surface area contributed by atoms with Crippen LogP contribution in [-0.2, 0) is 9.78 Å². The standard InChI is InChI=1S/C9H12INO3S/c1-9(2,3)14-13-8(12)11-6-4-5-15-7(6)10/h4-5H,1-3H3,(H,11,12). The molecule has 6 heteroatoms. The van der Waals surface area contributed by atoms with Crippen molar-refractivity contribution in [3.05, 3.63) is 14.3 Å². The van der Waals surface area contributed by atoms with E-state index in [4.69, 9.17) is 4.89 Å². The van der Waals surface area contributed by atoms with Crippen LogP contribution in [0.5, 0.6) is 0 Å². The third kappa shape index (κ3) is 4.80. The van der Waals surface area contributed by atoms with Crippen molar-refractivity contribution in [3.8, 4) is 0 Å². The molecule has 0 atom stereocenters. The molecule has 1 N–H and O–H groups in total. The zero-order valence-corrected chi connectivity index (χ0v) is 11.6. The van der Waals surface area contributed by atoms with E-state index in [2.05, 4.69) is 32.8 Å². The second-order valence-electron chi connectivity index (χ2n) is 3.80. The second-order valence-corrected chi connectivity index (χ2v) is 6.53. The van der Waals surface area contributed by atoms with Crippen LogP contribution in [0.4, 0.5) is 10.5 Å². The molecule has 0 aliphatic carbocycles. The summed E-state index contributed by atoms with van der Waals surface area (Å²) in [5.74, 6) is 0. The van der Waals surface area contributed by atoms with Gasteiger partial charge in [-0.2, -0.15) is 4.89 Å². The van der Waals surface area contributed by atoms with Crippen LogP contribution in [-0.4, -0.2) is 11.7 Å². The van der Waals surface area contributed by atoms with Crippen molar-refractivity contribution < 1.29 is 14.6 Å². The summed E-state index contributed by atoms with van der Waals surface area (Å²) in [6.45, 7) is 5.40. The minimum absolute atomic E-state index is 0.501. The first-order chi connectivity index (χ1) is 6.88. The molecular formula is C9H12INO3S. The average Bonchev–Trinajstić information content (AvgIpc) is 2.47. The number of rotatable bonds is 2. The van der Waals surface area contributed by atoms with Gasteiger partial charge in [0.25, 0.3) is 0 Å². The van der Waals surface area contributed by atoms with Gasteiger partial charge in [-0.1, -0.05) is 0 Å². The van der Waals surface area contributed by atoms with Crippen LogP contribution >= 0.6 is 33.9 Å². The third-order valence-electron chi connectivity index (χ3n) is 1.22. The predicted octanol–water partition coefficient (Wildman–Crippen LogP) is 3.63. The van der Waals surface area contributed by atoms with Gasteiger partial charge in [0.1, 0.15) is 5.60 Å². The summed E-state index contributed by atoms with van der Waals surface area (Å²) >= 11 is 3.69. The van der Waals surface area contributed by atoms with Crippen LogP contribution in [0, 0.1) is 2.88 Å². The number of halogens is 1. The van der Waals surface area contributed by atoms with Crippen molar-refractivity contribution in [3.63, 3.8) is 0 Å². The maximum Gasteiger partial charge on any atom is 0.443 e. The molecule has 1 aromatic heterocycles. The summed E-state index contributed by atoms with van der Waals surface area (Å²) in [5.41, 5.74) is 0.238. The molecule has 0 saturated carbocycles. The van der Waals surface area contributed by atoms with Crippen molar-refractivity contribution in [2.24, 2.45) is 0 Å². The van der Waals surface area contributed by atoms with E-state index in [1.165, 1.54) is 0 Å². The van der Waals surface area contributed by atoms with Gasteiger partial charge >= 0.3 is 6.09 Å². The van der Waals surface area contributed by atoms with E-state index in [-0.39, 0.29) is 0 Å². The Bertz CT molecular complexity index is 345. The van der Waals surface area contributed by atoms with Crippen LogP contribution in [0.1, 0.15) is 20.8 Å². The van der Waals surface area contributed by atoms with Gasteiger partial charge in [-0.3, -0.25) is 10.2 Å². The van der Waals surface area contributed by atoms with E-state index in [1.807, 2.05) is 11.4 Å². The quantitative estimate of drug-likeness (QED) is 0.508. The Morgan fingerprint density at radius 1 is 1.53 bits per heavy atom. The Morgan fingerprint density at radius 2 is 2.20 bits per heavy atom. The van der Waals surface area contributed by atoms with Gasteiger partial charge in [-0.05, 0) is 54.8 Å². The Balaban J connectivity index is 2.41. The molecule has 0 aromatic carbocycles. The maximum absolute atomic E-state index is 11.3. The summed E-state index contributed by atoms with van der Waals surface area (Å²) < 4.78 is 1.00. The predicted molar refractivity (Wildman–Crippen MR) is 68.0 cm³/mol. The molecule has 0 bridgehead atoms. The highest BCUT2D eigenvalue weighted by molar-refractivity contribution is 14.1. The van der Waals surface area contributed by atoms with Gasteiger partial charge in [-0.25, -0.2) is 4.79 Å². The number of anilines is 1. The summed E-state index contributed by atoms with van der Waals surface area (Å²) in [6.07, 6.45) is -0.610. The minimum Gasteiger partial charge on any atom is -0.287 e. The molecule has 1 amide bonds. The smallest absolute Gasteiger partial charge is 0.287 e. The highest BCUT2D eigenvalue weighted by Gasteiger charge is 2.15. The van der Waals surface area contributed by atoms with Crippen molar-refractivity contribution in [1.29, 1.82) is 0 Å². The van der Waals surface area contributed by atoms with Gasteiger partial charge in [0.05, 0.1) is 8.57 Å². The fourth-order valence-electron chi connectivity index (χ4n) is 0.675. The Hall–Kier alpha value is -0.340. The van der Waals surface area contributed by atoms with Gasteiger partial charge in [0, 0.05) is 0 Å². The van der Waals surface area contributed by atoms with Crippen LogP contribution in [0.2, 0.25) is 0 Å². The SMILES string of the molecule is CC(C)(C)OOC(=O)Nc1ccsc1I. The third-order valence-corrected chi connectivity index (χ3v) is 3.26. The first-order valence-corrected chi connectivity index (χ1v) is 6.24. The molecule has 84 valence electrons. The lowest BCUT2D eigenvalue weighted by Gasteiger charge is -2.16. The van der Waals surface area contributed by atoms with Crippen molar-refractivity contribution in [1.82, 2.24) is 0 Å². The van der Waals surface area contributed by atoms with Crippen LogP contribution in [0.15, 0.2) is 11.4 Å². The van der Waals surface area contributed by atoms with Gasteiger partial charge in [0.2, 0.25) is 0 Å². The Labute approximate surface area is 106 Å². The van der Waals surface area contributed by atoms with Crippen molar-refractivity contribution in [2.75, 3.05) is 5.32 Å². The maximum atomic E-state index is 11.3. The van der Waals surface area contributed by atoms with E-state index >= 15 is 0 Å². The van der Waals surface area contributed by atoms with Gasteiger partial charge in [-0.15, -0.1) is 11.3 Å².